The lowest BCUT2D eigenvalue weighted by molar-refractivity contribution is 0.0600. The summed E-state index contributed by atoms with van der Waals surface area (Å²) in [7, 11) is 1.33. The predicted octanol–water partition coefficient (Wildman–Crippen LogP) is 2.70. The number of rotatable bonds is 4. The number of nitrogen functional groups attached to an aromatic ring is 1. The summed E-state index contributed by atoms with van der Waals surface area (Å²) in [6.45, 7) is 0. The first kappa shape index (κ1) is 15.4. The average molecular weight is 322 g/mol. The van der Waals surface area contributed by atoms with Gasteiger partial charge >= 0.3 is 5.97 Å². The van der Waals surface area contributed by atoms with Gasteiger partial charge in [-0.25, -0.2) is 19.7 Å². The van der Waals surface area contributed by atoms with Crippen molar-refractivity contribution in [3.8, 4) is 22.9 Å². The average Bonchev–Trinajstić information content (AvgIpc) is 2.62. The van der Waals surface area contributed by atoms with Gasteiger partial charge in [0.15, 0.2) is 0 Å². The highest BCUT2D eigenvalue weighted by atomic mass is 16.5. The molecular formula is C17H14N4O3. The molecule has 7 heteroatoms. The molecule has 0 unspecified atom stereocenters. The number of ether oxygens (including phenoxy) is 2. The summed E-state index contributed by atoms with van der Waals surface area (Å²) in [4.78, 5) is 23.7. The lowest BCUT2D eigenvalue weighted by Gasteiger charge is -2.10. The van der Waals surface area contributed by atoms with Gasteiger partial charge in [-0.05, 0) is 42.5 Å². The molecule has 0 bridgehead atoms. The molecule has 7 nitrogen and oxygen atoms in total. The van der Waals surface area contributed by atoms with E-state index in [1.165, 1.54) is 7.11 Å². The van der Waals surface area contributed by atoms with Crippen LogP contribution in [0.15, 0.2) is 54.9 Å². The third-order valence-corrected chi connectivity index (χ3v) is 3.21. The first-order valence-electron chi connectivity index (χ1n) is 7.07. The lowest BCUT2D eigenvalue weighted by atomic mass is 10.2. The van der Waals surface area contributed by atoms with Crippen molar-refractivity contribution >= 4 is 11.9 Å². The van der Waals surface area contributed by atoms with Crippen LogP contribution in [0.3, 0.4) is 0 Å². The number of carbonyl (C=O) groups is 1. The number of hydrogen-bond donors (Lipinski definition) is 1. The first-order valence-corrected chi connectivity index (χ1v) is 7.07. The number of hydrogen-bond acceptors (Lipinski definition) is 7. The molecule has 2 heterocycles. The third-order valence-electron chi connectivity index (χ3n) is 3.21. The Labute approximate surface area is 138 Å². The summed E-state index contributed by atoms with van der Waals surface area (Å²) in [5, 5.41) is 0. The van der Waals surface area contributed by atoms with Gasteiger partial charge < -0.3 is 15.2 Å². The van der Waals surface area contributed by atoms with Crippen molar-refractivity contribution in [3.05, 3.63) is 60.4 Å². The minimum absolute atomic E-state index is 0.171. The number of benzene rings is 1. The first-order chi connectivity index (χ1) is 11.7. The van der Waals surface area contributed by atoms with E-state index in [9.17, 15) is 4.79 Å². The van der Waals surface area contributed by atoms with Gasteiger partial charge in [0.2, 0.25) is 11.8 Å². The van der Waals surface area contributed by atoms with Crippen molar-refractivity contribution in [3.63, 3.8) is 0 Å². The lowest BCUT2D eigenvalue weighted by Crippen LogP contribution is -2.00. The molecule has 0 spiro atoms. The molecule has 0 radical (unpaired) electrons. The smallest absolute Gasteiger partial charge is 0.337 e. The van der Waals surface area contributed by atoms with Gasteiger partial charge in [0.05, 0.1) is 23.9 Å². The zero-order chi connectivity index (χ0) is 16.9. The van der Waals surface area contributed by atoms with Crippen molar-refractivity contribution in [2.24, 2.45) is 0 Å². The second kappa shape index (κ2) is 6.74. The molecule has 3 aromatic rings. The minimum atomic E-state index is -0.406. The maximum absolute atomic E-state index is 11.5. The van der Waals surface area contributed by atoms with E-state index in [4.69, 9.17) is 10.5 Å². The van der Waals surface area contributed by atoms with Gasteiger partial charge in [-0.1, -0.05) is 0 Å². The monoisotopic (exact) mass is 322 g/mol. The third kappa shape index (κ3) is 3.30. The quantitative estimate of drug-likeness (QED) is 0.737. The summed E-state index contributed by atoms with van der Waals surface area (Å²) in [5.74, 6) is 0.673. The van der Waals surface area contributed by atoms with Crippen LogP contribution >= 0.6 is 0 Å². The number of pyridine rings is 1. The Morgan fingerprint density at radius 1 is 1.04 bits per heavy atom. The molecule has 2 aromatic heterocycles. The second-order valence-electron chi connectivity index (χ2n) is 4.77. The molecule has 0 aliphatic carbocycles. The number of methoxy groups -OCH3 is 1. The molecule has 0 saturated carbocycles. The van der Waals surface area contributed by atoms with Crippen LogP contribution in [-0.2, 0) is 4.74 Å². The van der Waals surface area contributed by atoms with Crippen molar-refractivity contribution in [2.45, 2.75) is 0 Å². The number of nitrogens with zero attached hydrogens (tertiary/aromatic N) is 3. The zero-order valence-corrected chi connectivity index (χ0v) is 12.8. The molecule has 1 aromatic carbocycles. The minimum Gasteiger partial charge on any atom is -0.465 e. The van der Waals surface area contributed by atoms with E-state index < -0.39 is 5.97 Å². The predicted molar refractivity (Wildman–Crippen MR) is 87.5 cm³/mol. The maximum atomic E-state index is 11.5. The maximum Gasteiger partial charge on any atom is 0.337 e. The van der Waals surface area contributed by atoms with Crippen LogP contribution in [-0.4, -0.2) is 28.0 Å². The van der Waals surface area contributed by atoms with E-state index in [1.54, 1.807) is 48.8 Å². The van der Waals surface area contributed by atoms with Gasteiger partial charge in [-0.3, -0.25) is 0 Å². The Kier molecular flexibility index (Phi) is 4.33. The summed E-state index contributed by atoms with van der Waals surface area (Å²) in [6, 6.07) is 11.9. The second-order valence-corrected chi connectivity index (χ2v) is 4.77. The van der Waals surface area contributed by atoms with Crippen LogP contribution in [0.1, 0.15) is 10.4 Å². The molecule has 0 aliphatic heterocycles. The zero-order valence-electron chi connectivity index (χ0n) is 12.8. The Hall–Kier alpha value is -3.48. The van der Waals surface area contributed by atoms with E-state index in [0.29, 0.717) is 28.5 Å². The molecule has 0 amide bonds. The Morgan fingerprint density at radius 3 is 2.54 bits per heavy atom. The Balaban J connectivity index is 1.90. The van der Waals surface area contributed by atoms with Crippen molar-refractivity contribution in [1.82, 2.24) is 15.0 Å². The van der Waals surface area contributed by atoms with E-state index in [2.05, 4.69) is 19.7 Å². The highest BCUT2D eigenvalue weighted by Crippen LogP contribution is 2.30. The number of nitrogens with two attached hydrogens (primary N) is 1. The van der Waals surface area contributed by atoms with E-state index in [-0.39, 0.29) is 5.95 Å². The number of esters is 1. The fourth-order valence-corrected chi connectivity index (χ4v) is 2.08. The molecule has 3 rings (SSSR count). The SMILES string of the molecule is COC(=O)c1ccc(Oc2ncccc2-c2ccnc(N)n2)cc1. The summed E-state index contributed by atoms with van der Waals surface area (Å²) in [6.07, 6.45) is 3.19. The summed E-state index contributed by atoms with van der Waals surface area (Å²) >= 11 is 0. The normalized spacial score (nSPS) is 10.2. The fourth-order valence-electron chi connectivity index (χ4n) is 2.08. The molecule has 120 valence electrons. The number of aromatic nitrogens is 3. The van der Waals surface area contributed by atoms with Crippen LogP contribution in [0, 0.1) is 0 Å². The molecule has 0 atom stereocenters. The largest absolute Gasteiger partial charge is 0.465 e. The molecule has 24 heavy (non-hydrogen) atoms. The van der Waals surface area contributed by atoms with Crippen LogP contribution in [0.4, 0.5) is 5.95 Å². The Morgan fingerprint density at radius 2 is 1.83 bits per heavy atom. The molecular weight excluding hydrogens is 308 g/mol. The van der Waals surface area contributed by atoms with Crippen molar-refractivity contribution in [1.29, 1.82) is 0 Å². The summed E-state index contributed by atoms with van der Waals surface area (Å²) in [5.41, 5.74) is 7.36. The fraction of sp³-hybridized carbons (Fsp3) is 0.0588. The molecule has 0 saturated heterocycles. The highest BCUT2D eigenvalue weighted by molar-refractivity contribution is 5.89. The van der Waals surface area contributed by atoms with E-state index in [0.717, 1.165) is 0 Å². The molecule has 0 fully saturated rings. The van der Waals surface area contributed by atoms with Gasteiger partial charge in [0, 0.05) is 12.4 Å². The topological polar surface area (TPSA) is 100 Å². The van der Waals surface area contributed by atoms with E-state index in [1.807, 2.05) is 6.07 Å². The standard InChI is InChI=1S/C17H14N4O3/c1-23-16(22)11-4-6-12(7-5-11)24-15-13(3-2-9-19-15)14-8-10-20-17(18)21-14/h2-10H,1H3,(H2,18,20,21). The van der Waals surface area contributed by atoms with Crippen LogP contribution in [0.25, 0.3) is 11.3 Å². The van der Waals surface area contributed by atoms with Crippen LogP contribution < -0.4 is 10.5 Å². The van der Waals surface area contributed by atoms with Gasteiger partial charge in [-0.2, -0.15) is 0 Å². The Bertz CT molecular complexity index is 866. The van der Waals surface area contributed by atoms with Gasteiger partial charge in [0.1, 0.15) is 5.75 Å². The van der Waals surface area contributed by atoms with E-state index >= 15 is 0 Å². The van der Waals surface area contributed by atoms with Crippen LogP contribution in [0.5, 0.6) is 11.6 Å². The van der Waals surface area contributed by atoms with Gasteiger partial charge in [0.25, 0.3) is 0 Å². The summed E-state index contributed by atoms with van der Waals surface area (Å²) < 4.78 is 10.5. The molecule has 0 aliphatic rings. The number of carbonyl (C=O) groups excluding carboxylic acids is 1. The highest BCUT2D eigenvalue weighted by Gasteiger charge is 2.11. The molecule has 2 N–H and O–H groups in total. The van der Waals surface area contributed by atoms with Gasteiger partial charge in [-0.15, -0.1) is 0 Å². The van der Waals surface area contributed by atoms with Crippen molar-refractivity contribution < 1.29 is 14.3 Å². The van der Waals surface area contributed by atoms with Crippen LogP contribution in [0.2, 0.25) is 0 Å². The van der Waals surface area contributed by atoms with Crippen molar-refractivity contribution in [2.75, 3.05) is 12.8 Å². The number of anilines is 1.